The zero-order chi connectivity index (χ0) is 13.1. The monoisotopic (exact) mass is 240 g/mol. The van der Waals surface area contributed by atoms with E-state index in [1.165, 1.54) is 6.21 Å². The molecule has 18 heavy (non-hydrogen) atoms. The van der Waals surface area contributed by atoms with E-state index in [0.717, 1.165) is 16.4 Å². The van der Waals surface area contributed by atoms with Crippen LogP contribution >= 0.6 is 0 Å². The molecule has 1 unspecified atom stereocenters. The number of aliphatic imine (C=N–C) groups is 1. The zero-order valence-electron chi connectivity index (χ0n) is 10.8. The van der Waals surface area contributed by atoms with Crippen LogP contribution in [-0.4, -0.2) is 24.1 Å². The van der Waals surface area contributed by atoms with Gasteiger partial charge in [0.05, 0.1) is 0 Å². The molecule has 1 aliphatic heterocycles. The summed E-state index contributed by atoms with van der Waals surface area (Å²) in [7, 11) is 1.72. The Morgan fingerprint density at radius 2 is 2.22 bits per heavy atom. The predicted octanol–water partition coefficient (Wildman–Crippen LogP) is 1.04. The number of fused-ring (bicyclic) bond motifs is 1. The molecule has 0 bridgehead atoms. The SMILES string of the molecule is CN=C1N=c2ncc(C)cc2=C/C1=C/C(C)C=N. The van der Waals surface area contributed by atoms with Crippen LogP contribution in [0.4, 0.5) is 0 Å². The van der Waals surface area contributed by atoms with Gasteiger partial charge in [0.25, 0.3) is 0 Å². The Morgan fingerprint density at radius 3 is 2.89 bits per heavy atom. The van der Waals surface area contributed by atoms with Gasteiger partial charge in [0, 0.05) is 36.2 Å². The van der Waals surface area contributed by atoms with Gasteiger partial charge in [0.1, 0.15) is 0 Å². The van der Waals surface area contributed by atoms with Crippen LogP contribution in [0.15, 0.2) is 33.9 Å². The third-order valence-corrected chi connectivity index (χ3v) is 2.73. The third-order valence-electron chi connectivity index (χ3n) is 2.73. The lowest BCUT2D eigenvalue weighted by Crippen LogP contribution is -2.33. The lowest BCUT2D eigenvalue weighted by Gasteiger charge is -2.08. The first-order valence-corrected chi connectivity index (χ1v) is 5.86. The number of hydrogen-bond donors (Lipinski definition) is 1. The number of allylic oxidation sites excluding steroid dienone is 1. The highest BCUT2D eigenvalue weighted by atomic mass is 14.9. The van der Waals surface area contributed by atoms with E-state index >= 15 is 0 Å². The van der Waals surface area contributed by atoms with Crippen molar-refractivity contribution in [1.82, 2.24) is 4.98 Å². The molecule has 0 saturated carbocycles. The molecule has 4 heteroatoms. The quantitative estimate of drug-likeness (QED) is 0.771. The highest BCUT2D eigenvalue weighted by Crippen LogP contribution is 2.08. The molecule has 0 saturated heterocycles. The summed E-state index contributed by atoms with van der Waals surface area (Å²) in [6.45, 7) is 3.97. The fourth-order valence-corrected chi connectivity index (χ4v) is 1.81. The highest BCUT2D eigenvalue weighted by Gasteiger charge is 2.09. The van der Waals surface area contributed by atoms with Crippen LogP contribution in [0.1, 0.15) is 12.5 Å². The standard InChI is InChI=1S/C14H16N4/c1-9(7-15)4-11-6-12-5-10(2)8-17-14(12)18-13(11)16-3/h4-9,15H,1-3H3/b11-4-,15-7?,16-13?. The second-order valence-electron chi connectivity index (χ2n) is 4.38. The average molecular weight is 240 g/mol. The summed E-state index contributed by atoms with van der Waals surface area (Å²) in [5, 5.41) is 8.27. The first-order chi connectivity index (χ1) is 8.63. The van der Waals surface area contributed by atoms with E-state index in [1.807, 2.05) is 26.0 Å². The largest absolute Gasteiger partial charge is 0.313 e. The summed E-state index contributed by atoms with van der Waals surface area (Å²) >= 11 is 0. The molecule has 2 rings (SSSR count). The Labute approximate surface area is 106 Å². The summed E-state index contributed by atoms with van der Waals surface area (Å²) in [6, 6.07) is 2.06. The molecule has 0 fully saturated rings. The zero-order valence-corrected chi connectivity index (χ0v) is 10.8. The Balaban J connectivity index is 2.64. The molecule has 0 aliphatic carbocycles. The van der Waals surface area contributed by atoms with E-state index in [2.05, 4.69) is 21.0 Å². The molecule has 1 aliphatic rings. The Kier molecular flexibility index (Phi) is 3.46. The van der Waals surface area contributed by atoms with E-state index in [0.29, 0.717) is 11.3 Å². The van der Waals surface area contributed by atoms with E-state index in [-0.39, 0.29) is 5.92 Å². The van der Waals surface area contributed by atoms with Crippen molar-refractivity contribution in [2.24, 2.45) is 15.9 Å². The van der Waals surface area contributed by atoms with Crippen molar-refractivity contribution >= 4 is 18.1 Å². The number of rotatable bonds is 2. The minimum atomic E-state index is 0.0718. The fourth-order valence-electron chi connectivity index (χ4n) is 1.81. The van der Waals surface area contributed by atoms with Gasteiger partial charge in [-0.25, -0.2) is 9.98 Å². The molecular weight excluding hydrogens is 224 g/mol. The maximum absolute atomic E-state index is 7.26. The minimum Gasteiger partial charge on any atom is -0.313 e. The van der Waals surface area contributed by atoms with Crippen molar-refractivity contribution in [2.45, 2.75) is 13.8 Å². The van der Waals surface area contributed by atoms with E-state index < -0.39 is 0 Å². The molecule has 0 amide bonds. The van der Waals surface area contributed by atoms with Crippen LogP contribution in [-0.2, 0) is 0 Å². The maximum atomic E-state index is 7.26. The second-order valence-corrected chi connectivity index (χ2v) is 4.38. The smallest absolute Gasteiger partial charge is 0.161 e. The van der Waals surface area contributed by atoms with Crippen molar-refractivity contribution in [2.75, 3.05) is 7.05 Å². The highest BCUT2D eigenvalue weighted by molar-refractivity contribution is 6.07. The first kappa shape index (κ1) is 12.4. The van der Waals surface area contributed by atoms with Gasteiger partial charge < -0.3 is 5.41 Å². The molecule has 1 atom stereocenters. The molecule has 0 aromatic carbocycles. The molecule has 0 spiro atoms. The number of aryl methyl sites for hydroxylation is 1. The average Bonchev–Trinajstić information content (AvgIpc) is 2.37. The third kappa shape index (κ3) is 2.42. The first-order valence-electron chi connectivity index (χ1n) is 5.86. The fraction of sp³-hybridized carbons (Fsp3) is 0.286. The van der Waals surface area contributed by atoms with E-state index in [1.54, 1.807) is 13.2 Å². The van der Waals surface area contributed by atoms with Gasteiger partial charge in [-0.3, -0.25) is 4.99 Å². The van der Waals surface area contributed by atoms with Gasteiger partial charge in [-0.05, 0) is 24.6 Å². The van der Waals surface area contributed by atoms with Gasteiger partial charge in [0.15, 0.2) is 11.3 Å². The van der Waals surface area contributed by atoms with Crippen molar-refractivity contribution in [3.63, 3.8) is 0 Å². The normalized spacial score (nSPS) is 19.9. The maximum Gasteiger partial charge on any atom is 0.161 e. The van der Waals surface area contributed by atoms with Gasteiger partial charge in [-0.15, -0.1) is 0 Å². The Hall–Kier alpha value is -2.10. The van der Waals surface area contributed by atoms with Gasteiger partial charge in [-0.1, -0.05) is 13.0 Å². The topological polar surface area (TPSA) is 61.5 Å². The van der Waals surface area contributed by atoms with Crippen molar-refractivity contribution in [3.05, 3.63) is 40.2 Å². The number of pyridine rings is 1. The summed E-state index contributed by atoms with van der Waals surface area (Å²) in [5.74, 6) is 0.745. The van der Waals surface area contributed by atoms with E-state index in [9.17, 15) is 0 Å². The molecule has 1 aromatic rings. The van der Waals surface area contributed by atoms with Crippen molar-refractivity contribution in [1.29, 1.82) is 5.41 Å². The van der Waals surface area contributed by atoms with Gasteiger partial charge >= 0.3 is 0 Å². The Bertz CT molecular complexity index is 653. The lowest BCUT2D eigenvalue weighted by molar-refractivity contribution is 1.01. The summed E-state index contributed by atoms with van der Waals surface area (Å²) in [5.41, 5.74) is 2.77. The van der Waals surface area contributed by atoms with Gasteiger partial charge in [-0.2, -0.15) is 0 Å². The number of nitrogens with one attached hydrogen (secondary N) is 1. The van der Waals surface area contributed by atoms with Crippen LogP contribution in [0, 0.1) is 18.3 Å². The molecule has 2 heterocycles. The van der Waals surface area contributed by atoms with Gasteiger partial charge in [0.2, 0.25) is 0 Å². The van der Waals surface area contributed by atoms with Crippen LogP contribution in [0.5, 0.6) is 0 Å². The van der Waals surface area contributed by atoms with Crippen LogP contribution in [0.25, 0.3) is 6.08 Å². The molecule has 4 nitrogen and oxygen atoms in total. The second kappa shape index (κ2) is 5.04. The summed E-state index contributed by atoms with van der Waals surface area (Å²) in [6.07, 6.45) is 7.23. The number of nitrogens with zero attached hydrogens (tertiary/aromatic N) is 3. The van der Waals surface area contributed by atoms with E-state index in [4.69, 9.17) is 5.41 Å². The number of hydrogen-bond acceptors (Lipinski definition) is 3. The molecular formula is C14H16N4. The van der Waals surface area contributed by atoms with Crippen LogP contribution in [0.3, 0.4) is 0 Å². The summed E-state index contributed by atoms with van der Waals surface area (Å²) < 4.78 is 0. The number of aromatic nitrogens is 1. The minimum absolute atomic E-state index is 0.0718. The van der Waals surface area contributed by atoms with Crippen molar-refractivity contribution in [3.8, 4) is 0 Å². The van der Waals surface area contributed by atoms with Crippen molar-refractivity contribution < 1.29 is 0 Å². The molecule has 1 aromatic heterocycles. The molecule has 92 valence electrons. The van der Waals surface area contributed by atoms with Crippen LogP contribution < -0.4 is 10.7 Å². The van der Waals surface area contributed by atoms with Crippen LogP contribution in [0.2, 0.25) is 0 Å². The molecule has 1 N–H and O–H groups in total. The lowest BCUT2D eigenvalue weighted by atomic mass is 10.0. The number of amidine groups is 1. The summed E-state index contributed by atoms with van der Waals surface area (Å²) in [4.78, 5) is 12.9. The molecule has 0 radical (unpaired) electrons. The Morgan fingerprint density at radius 1 is 1.44 bits per heavy atom. The predicted molar refractivity (Wildman–Crippen MR) is 73.6 cm³/mol.